The van der Waals surface area contributed by atoms with Gasteiger partial charge in [0.15, 0.2) is 0 Å². The van der Waals surface area contributed by atoms with Crippen molar-refractivity contribution in [2.75, 3.05) is 7.05 Å². The number of hydrogen-bond donors (Lipinski definition) is 0. The predicted molar refractivity (Wildman–Crippen MR) is 102 cm³/mol. The van der Waals surface area contributed by atoms with E-state index in [-0.39, 0.29) is 5.91 Å². The Labute approximate surface area is 154 Å². The summed E-state index contributed by atoms with van der Waals surface area (Å²) >= 11 is 0. The fraction of sp³-hybridized carbons (Fsp3) is 0.333. The van der Waals surface area contributed by atoms with E-state index in [0.29, 0.717) is 6.54 Å². The maximum atomic E-state index is 13.0. The zero-order valence-corrected chi connectivity index (χ0v) is 16.3. The van der Waals surface area contributed by atoms with Crippen molar-refractivity contribution < 1.29 is 9.32 Å². The van der Waals surface area contributed by atoms with Crippen LogP contribution in [0.4, 0.5) is 0 Å². The first-order valence-corrected chi connectivity index (χ1v) is 8.72. The maximum Gasteiger partial charge on any atom is 0.255 e. The molecule has 0 bridgehead atoms. The summed E-state index contributed by atoms with van der Waals surface area (Å²) in [5.41, 5.74) is 6.77. The third-order valence-electron chi connectivity index (χ3n) is 4.84. The zero-order chi connectivity index (χ0) is 19.0. The van der Waals surface area contributed by atoms with Gasteiger partial charge in [-0.3, -0.25) is 4.79 Å². The minimum absolute atomic E-state index is 0.00277. The first-order valence-electron chi connectivity index (χ1n) is 8.72. The lowest BCUT2D eigenvalue weighted by Gasteiger charge is -2.17. The molecule has 0 fully saturated rings. The van der Waals surface area contributed by atoms with Gasteiger partial charge in [-0.1, -0.05) is 17.3 Å². The van der Waals surface area contributed by atoms with Crippen molar-refractivity contribution in [1.29, 1.82) is 0 Å². The second kappa shape index (κ2) is 6.83. The molecule has 136 valence electrons. The summed E-state index contributed by atoms with van der Waals surface area (Å²) < 4.78 is 7.33. The van der Waals surface area contributed by atoms with Crippen LogP contribution in [0.1, 0.15) is 44.3 Å². The molecule has 0 radical (unpaired) electrons. The predicted octanol–water partition coefficient (Wildman–Crippen LogP) is 4.28. The molecule has 0 saturated heterocycles. The van der Waals surface area contributed by atoms with Gasteiger partial charge in [0.1, 0.15) is 5.76 Å². The van der Waals surface area contributed by atoms with E-state index < -0.39 is 0 Å². The minimum atomic E-state index is -0.00277. The third-order valence-corrected chi connectivity index (χ3v) is 4.84. The van der Waals surface area contributed by atoms with E-state index in [0.717, 1.165) is 39.7 Å². The summed E-state index contributed by atoms with van der Waals surface area (Å²) in [7, 11) is 1.81. The van der Waals surface area contributed by atoms with Gasteiger partial charge in [0.25, 0.3) is 5.91 Å². The topological polar surface area (TPSA) is 51.3 Å². The summed E-state index contributed by atoms with van der Waals surface area (Å²) in [6.07, 6.45) is 0. The lowest BCUT2D eigenvalue weighted by atomic mass is 10.1. The molecular formula is C21H25N3O2. The highest BCUT2D eigenvalue weighted by molar-refractivity contribution is 5.95. The molecule has 0 unspecified atom stereocenters. The molecule has 0 N–H and O–H groups in total. The van der Waals surface area contributed by atoms with Gasteiger partial charge < -0.3 is 14.0 Å². The third kappa shape index (κ3) is 3.17. The first-order chi connectivity index (χ1) is 12.3. The zero-order valence-electron chi connectivity index (χ0n) is 16.3. The van der Waals surface area contributed by atoms with E-state index in [1.54, 1.807) is 4.90 Å². The summed E-state index contributed by atoms with van der Waals surface area (Å²) in [5, 5.41) is 3.97. The van der Waals surface area contributed by atoms with Crippen molar-refractivity contribution in [2.45, 2.75) is 41.2 Å². The van der Waals surface area contributed by atoms with Crippen LogP contribution < -0.4 is 0 Å². The monoisotopic (exact) mass is 351 g/mol. The molecule has 2 aromatic heterocycles. The van der Waals surface area contributed by atoms with Crippen LogP contribution in [0.2, 0.25) is 0 Å². The number of nitrogens with zero attached hydrogens (tertiary/aromatic N) is 3. The van der Waals surface area contributed by atoms with E-state index in [2.05, 4.69) is 34.8 Å². The summed E-state index contributed by atoms with van der Waals surface area (Å²) in [5.74, 6) is 0.754. The number of hydrogen-bond acceptors (Lipinski definition) is 3. The normalized spacial score (nSPS) is 11.0. The van der Waals surface area contributed by atoms with E-state index in [1.165, 1.54) is 5.56 Å². The Kier molecular flexibility index (Phi) is 4.72. The van der Waals surface area contributed by atoms with Crippen molar-refractivity contribution in [1.82, 2.24) is 14.6 Å². The molecule has 2 heterocycles. The fourth-order valence-electron chi connectivity index (χ4n) is 3.39. The van der Waals surface area contributed by atoms with Crippen LogP contribution in [-0.2, 0) is 6.54 Å². The number of carbonyl (C=O) groups excluding carboxylic acids is 1. The Morgan fingerprint density at radius 1 is 1.15 bits per heavy atom. The highest BCUT2D eigenvalue weighted by Crippen LogP contribution is 2.23. The van der Waals surface area contributed by atoms with Gasteiger partial charge in [-0.05, 0) is 58.4 Å². The van der Waals surface area contributed by atoms with E-state index in [9.17, 15) is 4.79 Å². The van der Waals surface area contributed by atoms with Crippen molar-refractivity contribution in [3.05, 3.63) is 69.9 Å². The van der Waals surface area contributed by atoms with Gasteiger partial charge in [-0.25, -0.2) is 0 Å². The van der Waals surface area contributed by atoms with Crippen LogP contribution in [0, 0.1) is 34.6 Å². The van der Waals surface area contributed by atoms with Crippen LogP contribution in [0.5, 0.6) is 0 Å². The SMILES string of the molecule is Cc1cccc(-n2c(C)cc(C(=O)N(C)Cc3c(C)noc3C)c2C)c1. The van der Waals surface area contributed by atoms with Crippen LogP contribution in [0.3, 0.4) is 0 Å². The molecule has 5 heteroatoms. The van der Waals surface area contributed by atoms with Gasteiger partial charge >= 0.3 is 0 Å². The number of aromatic nitrogens is 2. The Balaban J connectivity index is 1.92. The molecule has 3 aromatic rings. The number of rotatable bonds is 4. The van der Waals surface area contributed by atoms with Gasteiger partial charge in [0.05, 0.1) is 17.8 Å². The molecule has 0 atom stereocenters. The molecule has 1 amide bonds. The Morgan fingerprint density at radius 2 is 1.88 bits per heavy atom. The standard InChI is InChI=1S/C21H25N3O2/c1-13-8-7-9-18(10-13)24-14(2)11-19(16(24)4)21(25)23(6)12-20-15(3)22-26-17(20)5/h7-11H,12H2,1-6H3. The molecule has 0 spiro atoms. The number of aryl methyl sites for hydroxylation is 4. The molecule has 26 heavy (non-hydrogen) atoms. The van der Waals surface area contributed by atoms with E-state index in [1.807, 2.05) is 46.9 Å². The van der Waals surface area contributed by atoms with E-state index >= 15 is 0 Å². The van der Waals surface area contributed by atoms with Crippen molar-refractivity contribution >= 4 is 5.91 Å². The van der Waals surface area contributed by atoms with Crippen molar-refractivity contribution in [3.8, 4) is 5.69 Å². The molecule has 0 aliphatic rings. The summed E-state index contributed by atoms with van der Waals surface area (Å²) in [6.45, 7) is 10.3. The molecular weight excluding hydrogens is 326 g/mol. The second-order valence-electron chi connectivity index (χ2n) is 6.92. The highest BCUT2D eigenvalue weighted by Gasteiger charge is 2.21. The quantitative estimate of drug-likeness (QED) is 0.705. The lowest BCUT2D eigenvalue weighted by Crippen LogP contribution is -2.27. The number of carbonyl (C=O) groups is 1. The largest absolute Gasteiger partial charge is 0.361 e. The summed E-state index contributed by atoms with van der Waals surface area (Å²) in [6, 6.07) is 10.3. The fourth-order valence-corrected chi connectivity index (χ4v) is 3.39. The van der Waals surface area contributed by atoms with Crippen LogP contribution in [-0.4, -0.2) is 27.6 Å². The Bertz CT molecular complexity index is 946. The average molecular weight is 351 g/mol. The molecule has 0 aliphatic carbocycles. The van der Waals surface area contributed by atoms with Gasteiger partial charge in [-0.2, -0.15) is 0 Å². The lowest BCUT2D eigenvalue weighted by molar-refractivity contribution is 0.0784. The van der Waals surface area contributed by atoms with Crippen LogP contribution >= 0.6 is 0 Å². The van der Waals surface area contributed by atoms with Crippen LogP contribution in [0.15, 0.2) is 34.9 Å². The molecule has 0 aliphatic heterocycles. The summed E-state index contributed by atoms with van der Waals surface area (Å²) in [4.78, 5) is 14.8. The molecule has 0 saturated carbocycles. The minimum Gasteiger partial charge on any atom is -0.361 e. The van der Waals surface area contributed by atoms with Crippen molar-refractivity contribution in [3.63, 3.8) is 0 Å². The molecule has 5 nitrogen and oxygen atoms in total. The number of amides is 1. The average Bonchev–Trinajstić information content (AvgIpc) is 3.07. The van der Waals surface area contributed by atoms with Gasteiger partial charge in [0, 0.05) is 29.7 Å². The van der Waals surface area contributed by atoms with E-state index in [4.69, 9.17) is 4.52 Å². The maximum absolute atomic E-state index is 13.0. The van der Waals surface area contributed by atoms with Crippen LogP contribution in [0.25, 0.3) is 5.69 Å². The van der Waals surface area contributed by atoms with Gasteiger partial charge in [-0.15, -0.1) is 0 Å². The number of benzene rings is 1. The molecule has 3 rings (SSSR count). The Morgan fingerprint density at radius 3 is 2.50 bits per heavy atom. The Hall–Kier alpha value is -2.82. The van der Waals surface area contributed by atoms with Crippen molar-refractivity contribution in [2.24, 2.45) is 0 Å². The smallest absolute Gasteiger partial charge is 0.255 e. The highest BCUT2D eigenvalue weighted by atomic mass is 16.5. The van der Waals surface area contributed by atoms with Gasteiger partial charge in [0.2, 0.25) is 0 Å². The first kappa shape index (κ1) is 18.0. The second-order valence-corrected chi connectivity index (χ2v) is 6.92. The molecule has 1 aromatic carbocycles.